The van der Waals surface area contributed by atoms with E-state index in [4.69, 9.17) is 29.5 Å². The molecule has 17 heteroatoms. The van der Waals surface area contributed by atoms with Crippen LogP contribution < -0.4 is 10.1 Å². The number of fused-ring (bicyclic) bond motifs is 2. The molecule has 226 valence electrons. The molecular weight excluding hydrogens is 580 g/mol. The van der Waals surface area contributed by atoms with Gasteiger partial charge in [-0.05, 0) is 50.2 Å². The van der Waals surface area contributed by atoms with Crippen LogP contribution in [-0.2, 0) is 9.59 Å². The zero-order chi connectivity index (χ0) is 31.1. The normalized spacial score (nSPS) is 14.7. The van der Waals surface area contributed by atoms with Crippen LogP contribution >= 0.6 is 0 Å². The highest BCUT2D eigenvalue weighted by atomic mass is 19.4. The minimum Gasteiger partial charge on any atom is -0.488 e. The van der Waals surface area contributed by atoms with Crippen LogP contribution in [0.2, 0.25) is 0 Å². The van der Waals surface area contributed by atoms with Crippen LogP contribution in [0.15, 0.2) is 54.7 Å². The van der Waals surface area contributed by atoms with Crippen LogP contribution in [0.25, 0.3) is 28.1 Å². The van der Waals surface area contributed by atoms with Gasteiger partial charge in [-0.15, -0.1) is 10.2 Å². The SMILES string of the molecule is O=C(O)C(F)(F)F.O=C(O)C(F)(F)F.OC1(COc2cccc3ccc(-c4nnc5ccccn45)nc23)CCNCC1. The van der Waals surface area contributed by atoms with Crippen LogP contribution in [0.1, 0.15) is 12.8 Å². The van der Waals surface area contributed by atoms with Gasteiger partial charge < -0.3 is 25.4 Å². The maximum Gasteiger partial charge on any atom is 0.490 e. The van der Waals surface area contributed by atoms with Crippen LogP contribution in [0.3, 0.4) is 0 Å². The molecule has 1 saturated heterocycles. The predicted octanol–water partition coefficient (Wildman–Crippen LogP) is 3.70. The first-order chi connectivity index (χ1) is 19.6. The monoisotopic (exact) mass is 603 g/mol. The van der Waals surface area contributed by atoms with E-state index in [1.165, 1.54) is 0 Å². The molecule has 0 spiro atoms. The Morgan fingerprint density at radius 2 is 1.52 bits per heavy atom. The molecule has 42 heavy (non-hydrogen) atoms. The Morgan fingerprint density at radius 1 is 0.905 bits per heavy atom. The highest BCUT2D eigenvalue weighted by Crippen LogP contribution is 2.29. The minimum atomic E-state index is -5.08. The topological polar surface area (TPSA) is 159 Å². The van der Waals surface area contributed by atoms with E-state index in [1.807, 2.05) is 59.1 Å². The third-order valence-corrected chi connectivity index (χ3v) is 5.74. The first kappa shape index (κ1) is 32.0. The maximum atomic E-state index is 10.7. The fraction of sp³-hybridized carbons (Fsp3) is 0.320. The molecule has 11 nitrogen and oxygen atoms in total. The van der Waals surface area contributed by atoms with Gasteiger partial charge in [-0.3, -0.25) is 4.40 Å². The summed E-state index contributed by atoms with van der Waals surface area (Å²) in [4.78, 5) is 22.6. The summed E-state index contributed by atoms with van der Waals surface area (Å²) in [5.74, 6) is -4.16. The van der Waals surface area contributed by atoms with E-state index in [0.717, 1.165) is 35.3 Å². The molecule has 0 radical (unpaired) electrons. The summed E-state index contributed by atoms with van der Waals surface area (Å²) >= 11 is 0. The molecule has 4 heterocycles. The maximum absolute atomic E-state index is 10.7. The molecule has 0 bridgehead atoms. The van der Waals surface area contributed by atoms with E-state index < -0.39 is 29.9 Å². The molecule has 0 atom stereocenters. The van der Waals surface area contributed by atoms with E-state index in [9.17, 15) is 31.4 Å². The second kappa shape index (κ2) is 13.0. The van der Waals surface area contributed by atoms with Gasteiger partial charge in [0.1, 0.15) is 29.2 Å². The van der Waals surface area contributed by atoms with Crippen molar-refractivity contribution in [3.05, 3.63) is 54.7 Å². The number of carboxylic acids is 2. The molecule has 4 aromatic rings. The molecule has 3 aromatic heterocycles. The number of aliphatic hydroxyl groups is 1. The summed E-state index contributed by atoms with van der Waals surface area (Å²) in [6, 6.07) is 15.6. The van der Waals surface area contributed by atoms with Gasteiger partial charge in [-0.1, -0.05) is 24.3 Å². The number of hydrogen-bond acceptors (Lipinski definition) is 8. The van der Waals surface area contributed by atoms with Crippen molar-refractivity contribution in [2.24, 2.45) is 0 Å². The van der Waals surface area contributed by atoms with Gasteiger partial charge in [0.2, 0.25) is 0 Å². The van der Waals surface area contributed by atoms with E-state index in [1.54, 1.807) is 0 Å². The Hall–Kier alpha value is -4.51. The Labute approximate surface area is 232 Å². The standard InChI is InChI=1S/C21H21N5O2.2C2HF3O2/c27-21(9-11-22-12-10-21)14-28-17-5-3-4-15-7-8-16(23-19(15)17)20-25-24-18-6-1-2-13-26(18)20;2*3-2(4,5)1(6)7/h1-8,13,22,27H,9-12,14H2;2*(H,6,7). The molecule has 0 amide bonds. The van der Waals surface area contributed by atoms with Gasteiger partial charge in [0.15, 0.2) is 11.5 Å². The number of nitrogens with one attached hydrogen (secondary N) is 1. The molecule has 5 rings (SSSR count). The highest BCUT2D eigenvalue weighted by molar-refractivity contribution is 5.86. The summed E-state index contributed by atoms with van der Waals surface area (Å²) in [7, 11) is 0. The van der Waals surface area contributed by atoms with Crippen molar-refractivity contribution in [1.82, 2.24) is 24.9 Å². The lowest BCUT2D eigenvalue weighted by Crippen LogP contribution is -2.46. The second-order valence-corrected chi connectivity index (χ2v) is 8.85. The minimum absolute atomic E-state index is 0.258. The van der Waals surface area contributed by atoms with Gasteiger partial charge in [-0.2, -0.15) is 26.3 Å². The summed E-state index contributed by atoms with van der Waals surface area (Å²) in [6.45, 7) is 1.86. The summed E-state index contributed by atoms with van der Waals surface area (Å²) in [6.07, 6.45) is -6.88. The number of halogens is 6. The van der Waals surface area contributed by atoms with Crippen LogP contribution in [-0.4, -0.2) is 84.5 Å². The quantitative estimate of drug-likeness (QED) is 0.254. The average Bonchev–Trinajstić information content (AvgIpc) is 3.36. The smallest absolute Gasteiger partial charge is 0.488 e. The number of nitrogens with zero attached hydrogens (tertiary/aromatic N) is 4. The molecule has 0 unspecified atom stereocenters. The lowest BCUT2D eigenvalue weighted by atomic mass is 9.93. The fourth-order valence-corrected chi connectivity index (χ4v) is 3.63. The zero-order valence-electron chi connectivity index (χ0n) is 21.4. The third kappa shape index (κ3) is 8.50. The third-order valence-electron chi connectivity index (χ3n) is 5.74. The molecule has 0 aliphatic carbocycles. The van der Waals surface area contributed by atoms with Gasteiger partial charge in [0, 0.05) is 11.6 Å². The predicted molar refractivity (Wildman–Crippen MR) is 134 cm³/mol. The Bertz CT molecular complexity index is 1510. The van der Waals surface area contributed by atoms with E-state index in [-0.39, 0.29) is 6.61 Å². The Morgan fingerprint density at radius 3 is 2.12 bits per heavy atom. The van der Waals surface area contributed by atoms with Crippen molar-refractivity contribution in [3.8, 4) is 17.3 Å². The van der Waals surface area contributed by atoms with Crippen molar-refractivity contribution < 1.29 is 56.0 Å². The summed E-state index contributed by atoms with van der Waals surface area (Å²) < 4.78 is 71.4. The number of hydrogen-bond donors (Lipinski definition) is 4. The first-order valence-corrected chi connectivity index (χ1v) is 12.0. The fourth-order valence-electron chi connectivity index (χ4n) is 3.63. The Balaban J connectivity index is 0.000000289. The number of aliphatic carboxylic acids is 2. The second-order valence-electron chi connectivity index (χ2n) is 8.85. The summed E-state index contributed by atoms with van der Waals surface area (Å²) in [5.41, 5.74) is 1.46. The largest absolute Gasteiger partial charge is 0.490 e. The number of aromatic nitrogens is 4. The van der Waals surface area contributed by atoms with Gasteiger partial charge in [0.25, 0.3) is 0 Å². The van der Waals surface area contributed by atoms with Crippen LogP contribution in [0.5, 0.6) is 5.75 Å². The molecule has 0 saturated carbocycles. The molecule has 1 aromatic carbocycles. The number of piperidine rings is 1. The Kier molecular flexibility index (Phi) is 9.90. The van der Waals surface area contributed by atoms with Crippen molar-refractivity contribution in [2.75, 3.05) is 19.7 Å². The van der Waals surface area contributed by atoms with Crippen LogP contribution in [0.4, 0.5) is 26.3 Å². The van der Waals surface area contributed by atoms with Gasteiger partial charge in [0.05, 0.1) is 0 Å². The first-order valence-electron chi connectivity index (χ1n) is 12.0. The van der Waals surface area contributed by atoms with E-state index in [2.05, 4.69) is 15.5 Å². The lowest BCUT2D eigenvalue weighted by molar-refractivity contribution is -0.193. The number of rotatable bonds is 4. The number of benzene rings is 1. The number of alkyl halides is 6. The van der Waals surface area contributed by atoms with Crippen molar-refractivity contribution in [3.63, 3.8) is 0 Å². The molecular formula is C25H23F6N5O6. The molecule has 1 aliphatic heterocycles. The molecule has 1 fully saturated rings. The van der Waals surface area contributed by atoms with E-state index in [0.29, 0.717) is 24.4 Å². The van der Waals surface area contributed by atoms with Gasteiger partial charge >= 0.3 is 24.3 Å². The van der Waals surface area contributed by atoms with Crippen molar-refractivity contribution >= 4 is 28.5 Å². The lowest BCUT2D eigenvalue weighted by Gasteiger charge is -2.32. The van der Waals surface area contributed by atoms with Crippen molar-refractivity contribution in [1.29, 1.82) is 0 Å². The number of carboxylic acid groups (broad SMARTS) is 2. The van der Waals surface area contributed by atoms with Gasteiger partial charge in [-0.25, -0.2) is 14.6 Å². The number of carbonyl (C=O) groups is 2. The van der Waals surface area contributed by atoms with Crippen LogP contribution in [0, 0.1) is 0 Å². The number of para-hydroxylation sites is 1. The molecule has 4 N–H and O–H groups in total. The molecule has 1 aliphatic rings. The summed E-state index contributed by atoms with van der Waals surface area (Å²) in [5, 5.41) is 37.7. The van der Waals surface area contributed by atoms with Crippen molar-refractivity contribution in [2.45, 2.75) is 30.8 Å². The average molecular weight is 603 g/mol. The number of pyridine rings is 2. The highest BCUT2D eigenvalue weighted by Gasteiger charge is 2.39. The zero-order valence-corrected chi connectivity index (χ0v) is 21.4. The van der Waals surface area contributed by atoms with E-state index >= 15 is 0 Å². The number of ether oxygens (including phenoxy) is 1.